The van der Waals surface area contributed by atoms with E-state index in [4.69, 9.17) is 4.43 Å². The molecule has 0 aromatic carbocycles. The van der Waals surface area contributed by atoms with Crippen molar-refractivity contribution in [3.63, 3.8) is 0 Å². The van der Waals surface area contributed by atoms with Crippen molar-refractivity contribution in [1.29, 1.82) is 0 Å². The van der Waals surface area contributed by atoms with Crippen LogP contribution in [0.15, 0.2) is 0 Å². The first-order valence-electron chi connectivity index (χ1n) is 9.94. The van der Waals surface area contributed by atoms with Crippen LogP contribution in [0.25, 0.3) is 0 Å². The molecule has 0 aromatic heterocycles. The van der Waals surface area contributed by atoms with Gasteiger partial charge in [-0.25, -0.2) is 0 Å². The summed E-state index contributed by atoms with van der Waals surface area (Å²) in [6, 6.07) is -0.614. The van der Waals surface area contributed by atoms with E-state index in [1.165, 1.54) is 6.55 Å². The van der Waals surface area contributed by atoms with Gasteiger partial charge < -0.3 is 4.43 Å². The van der Waals surface area contributed by atoms with Crippen LogP contribution >= 0.6 is 0 Å². The summed E-state index contributed by atoms with van der Waals surface area (Å²) in [5, 5.41) is 0. The van der Waals surface area contributed by atoms with Gasteiger partial charge in [-0.15, -0.1) is 0 Å². The van der Waals surface area contributed by atoms with Crippen LogP contribution in [0.2, 0.25) is 25.2 Å². The van der Waals surface area contributed by atoms with E-state index in [1.807, 2.05) is 0 Å². The smallest absolute Gasteiger partial charge is 0.420 e. The van der Waals surface area contributed by atoms with Crippen LogP contribution in [-0.4, -0.2) is 70.4 Å². The Hall–Kier alpha value is -0.796. The first-order chi connectivity index (χ1) is 15.6. The van der Waals surface area contributed by atoms with Crippen molar-refractivity contribution in [2.45, 2.75) is 92.1 Å². The standard InChI is InChI=1S/C16H19F17OSi2/c1-35-7-4-3-6-34-36(35,2)8-5-9(17,18)10(19,20)11(21,22)12(23,24)13(25,26)14(27,28)15(29,30)16(31,32)33/h35H,3-8H2,1-2H3. The van der Waals surface area contributed by atoms with E-state index in [1.54, 1.807) is 6.55 Å². The molecular formula is C16H19F17OSi2. The van der Waals surface area contributed by atoms with Gasteiger partial charge in [-0.2, -0.15) is 74.6 Å². The number of rotatable bonds is 9. The number of hydrogen-bond donors (Lipinski definition) is 0. The zero-order valence-electron chi connectivity index (χ0n) is 18.2. The average molecular weight is 606 g/mol. The summed E-state index contributed by atoms with van der Waals surface area (Å²) in [6.07, 6.45) is -9.13. The maximum absolute atomic E-state index is 14.1. The normalized spacial score (nSPS) is 24.6. The van der Waals surface area contributed by atoms with Gasteiger partial charge in [-0.3, -0.25) is 0 Å². The lowest BCUT2D eigenvalue weighted by Crippen LogP contribution is -2.74. The Morgan fingerprint density at radius 1 is 0.611 bits per heavy atom. The van der Waals surface area contributed by atoms with Crippen molar-refractivity contribution in [3.8, 4) is 0 Å². The molecule has 2 unspecified atom stereocenters. The van der Waals surface area contributed by atoms with Gasteiger partial charge in [-0.05, 0) is 19.0 Å². The van der Waals surface area contributed by atoms with Gasteiger partial charge in [0.05, 0.1) is 8.31 Å². The molecule has 216 valence electrons. The van der Waals surface area contributed by atoms with Crippen LogP contribution in [0.4, 0.5) is 74.6 Å². The highest BCUT2D eigenvalue weighted by Crippen LogP contribution is 2.64. The van der Waals surface area contributed by atoms with E-state index >= 15 is 0 Å². The maximum Gasteiger partial charge on any atom is 0.460 e. The summed E-state index contributed by atoms with van der Waals surface area (Å²) >= 11 is 0. The molecular weight excluding hydrogens is 587 g/mol. The molecule has 0 saturated carbocycles. The van der Waals surface area contributed by atoms with E-state index in [0.29, 0.717) is 18.9 Å². The minimum atomic E-state index is -8.59. The summed E-state index contributed by atoms with van der Waals surface area (Å²) in [4.78, 5) is 0. The topological polar surface area (TPSA) is 9.23 Å². The van der Waals surface area contributed by atoms with Crippen LogP contribution in [0.3, 0.4) is 0 Å². The molecule has 0 aliphatic carbocycles. The molecule has 0 bridgehead atoms. The molecule has 1 aliphatic rings. The summed E-state index contributed by atoms with van der Waals surface area (Å²) in [5.74, 6) is -55.9. The third-order valence-corrected chi connectivity index (χ3v) is 20.2. The number of alkyl halides is 17. The summed E-state index contributed by atoms with van der Waals surface area (Å²) in [5.41, 5.74) is 0. The minimum Gasteiger partial charge on any atom is -0.420 e. The van der Waals surface area contributed by atoms with Crippen LogP contribution in [-0.2, 0) is 4.43 Å². The maximum atomic E-state index is 14.1. The second-order valence-corrected chi connectivity index (χ2v) is 21.1. The lowest BCUT2D eigenvalue weighted by Gasteiger charge is -2.43. The van der Waals surface area contributed by atoms with Crippen molar-refractivity contribution in [2.24, 2.45) is 0 Å². The molecule has 0 radical (unpaired) electrons. The van der Waals surface area contributed by atoms with Gasteiger partial charge in [0.25, 0.3) is 0 Å². The van der Waals surface area contributed by atoms with E-state index in [-0.39, 0.29) is 6.61 Å². The zero-order valence-corrected chi connectivity index (χ0v) is 20.3. The minimum absolute atomic E-state index is 0.0228. The Labute approximate surface area is 194 Å². The van der Waals surface area contributed by atoms with Gasteiger partial charge in [0.15, 0.2) is 7.83 Å². The molecule has 1 saturated heterocycles. The molecule has 0 N–H and O–H groups in total. The predicted octanol–water partition coefficient (Wildman–Crippen LogP) is 7.71. The average Bonchev–Trinajstić information content (AvgIpc) is 2.86. The molecule has 1 rings (SSSR count). The number of hydrogen-bond acceptors (Lipinski definition) is 1. The van der Waals surface area contributed by atoms with Crippen molar-refractivity contribution in [2.75, 3.05) is 6.61 Å². The highest BCUT2D eigenvalue weighted by Gasteiger charge is 2.95. The largest absolute Gasteiger partial charge is 0.460 e. The summed E-state index contributed by atoms with van der Waals surface area (Å²) < 4.78 is 232. The van der Waals surface area contributed by atoms with E-state index in [9.17, 15) is 74.6 Å². The molecule has 0 amide bonds. The van der Waals surface area contributed by atoms with Crippen LogP contribution in [0.1, 0.15) is 19.3 Å². The van der Waals surface area contributed by atoms with Crippen molar-refractivity contribution in [3.05, 3.63) is 0 Å². The van der Waals surface area contributed by atoms with E-state index < -0.39 is 76.2 Å². The van der Waals surface area contributed by atoms with Crippen molar-refractivity contribution in [1.82, 2.24) is 0 Å². The molecule has 1 aliphatic heterocycles. The monoisotopic (exact) mass is 606 g/mol. The molecule has 1 fully saturated rings. The van der Waals surface area contributed by atoms with Gasteiger partial charge in [0.1, 0.15) is 0 Å². The van der Waals surface area contributed by atoms with Gasteiger partial charge in [0.2, 0.25) is 0 Å². The third-order valence-electron chi connectivity index (χ3n) is 6.23. The van der Waals surface area contributed by atoms with Crippen LogP contribution in [0, 0.1) is 0 Å². The van der Waals surface area contributed by atoms with E-state index in [2.05, 4.69) is 0 Å². The second-order valence-electron chi connectivity index (χ2n) is 8.71. The fourth-order valence-corrected chi connectivity index (χ4v) is 12.8. The molecule has 2 atom stereocenters. The fraction of sp³-hybridized carbons (Fsp3) is 1.00. The molecule has 1 nitrogen and oxygen atoms in total. The SMILES string of the molecule is C[SiH]1CCCCO[Si]1(C)CCC(F)(F)C(F)(F)C(F)(F)C(F)(F)C(F)(F)C(F)(F)C(F)(F)C(F)(F)F. The lowest BCUT2D eigenvalue weighted by atomic mass is 9.88. The van der Waals surface area contributed by atoms with Gasteiger partial charge in [0, 0.05) is 13.0 Å². The summed E-state index contributed by atoms with van der Waals surface area (Å²) in [7, 11) is -5.38. The predicted molar refractivity (Wildman–Crippen MR) is 94.7 cm³/mol. The van der Waals surface area contributed by atoms with Gasteiger partial charge in [-0.1, -0.05) is 19.0 Å². The Morgan fingerprint density at radius 2 is 1.00 bits per heavy atom. The molecule has 36 heavy (non-hydrogen) atoms. The van der Waals surface area contributed by atoms with Crippen LogP contribution in [0.5, 0.6) is 0 Å². The van der Waals surface area contributed by atoms with Crippen molar-refractivity contribution >= 4 is 16.1 Å². The van der Waals surface area contributed by atoms with E-state index in [0.717, 1.165) is 0 Å². The van der Waals surface area contributed by atoms with Crippen molar-refractivity contribution < 1.29 is 79.1 Å². The molecule has 0 spiro atoms. The van der Waals surface area contributed by atoms with Gasteiger partial charge >= 0.3 is 47.6 Å². The fourth-order valence-electron chi connectivity index (χ4n) is 3.38. The quantitative estimate of drug-likeness (QED) is 0.193. The first-order valence-corrected chi connectivity index (χ1v) is 16.3. The third kappa shape index (κ3) is 4.86. The Morgan fingerprint density at radius 3 is 1.42 bits per heavy atom. The zero-order chi connectivity index (χ0) is 29.0. The number of halogens is 17. The Balaban J connectivity index is 3.44. The second kappa shape index (κ2) is 9.44. The Bertz CT molecular complexity index is 781. The Kier molecular flexibility index (Phi) is 8.71. The molecule has 20 heteroatoms. The highest BCUT2D eigenvalue weighted by atomic mass is 29.2. The molecule has 1 heterocycles. The first kappa shape index (κ1) is 33.2. The van der Waals surface area contributed by atoms with Crippen LogP contribution < -0.4 is 0 Å². The lowest BCUT2D eigenvalue weighted by molar-refractivity contribution is -0.461. The molecule has 0 aromatic rings. The summed E-state index contributed by atoms with van der Waals surface area (Å²) in [6.45, 7) is 2.81. The highest BCUT2D eigenvalue weighted by molar-refractivity contribution is 7.29.